The second kappa shape index (κ2) is 4.31. The third kappa shape index (κ3) is 2.22. The summed E-state index contributed by atoms with van der Waals surface area (Å²) < 4.78 is 10.3. The van der Waals surface area contributed by atoms with E-state index in [2.05, 4.69) is 15.0 Å². The van der Waals surface area contributed by atoms with Gasteiger partial charge in [0.25, 0.3) is 0 Å². The molecule has 1 atom stereocenters. The highest BCUT2D eigenvalue weighted by atomic mass is 16.5. The molecule has 17 heavy (non-hydrogen) atoms. The highest BCUT2D eigenvalue weighted by Gasteiger charge is 2.22. The van der Waals surface area contributed by atoms with Crippen molar-refractivity contribution in [3.8, 4) is 11.6 Å². The molecule has 3 rings (SSSR count). The monoisotopic (exact) mass is 235 g/mol. The Hall–Kier alpha value is -1.66. The van der Waals surface area contributed by atoms with Gasteiger partial charge in [-0.3, -0.25) is 4.90 Å². The fourth-order valence-corrected chi connectivity index (χ4v) is 1.97. The third-order valence-electron chi connectivity index (χ3n) is 2.82. The number of rotatable bonds is 3. The van der Waals surface area contributed by atoms with Crippen molar-refractivity contribution in [3.63, 3.8) is 0 Å². The molecule has 1 fully saturated rings. The van der Waals surface area contributed by atoms with Crippen LogP contribution in [0.4, 0.5) is 0 Å². The topological polar surface area (TPSA) is 75.5 Å². The second-order valence-corrected chi connectivity index (χ2v) is 4.17. The van der Waals surface area contributed by atoms with Crippen LogP contribution < -0.4 is 0 Å². The van der Waals surface area contributed by atoms with Crippen molar-refractivity contribution in [3.05, 3.63) is 24.3 Å². The summed E-state index contributed by atoms with van der Waals surface area (Å²) in [7, 11) is 0. The van der Waals surface area contributed by atoms with Gasteiger partial charge in [0.2, 0.25) is 11.7 Å². The standard InChI is InChI=1S/C11H13N3O3/c15-8-3-4-14(6-8)7-10-12-11(13-17-10)9-2-1-5-16-9/h1-2,5,8,15H,3-4,6-7H2/t8-/m0/s1. The SMILES string of the molecule is O[C@H]1CCN(Cc2nc(-c3ccco3)no2)C1. The molecule has 0 amide bonds. The molecule has 2 aromatic heterocycles. The summed E-state index contributed by atoms with van der Waals surface area (Å²) in [6, 6.07) is 3.57. The lowest BCUT2D eigenvalue weighted by atomic mass is 10.3. The van der Waals surface area contributed by atoms with Crippen molar-refractivity contribution in [1.82, 2.24) is 15.0 Å². The maximum absolute atomic E-state index is 9.41. The normalized spacial score (nSPS) is 21.1. The molecule has 2 aromatic rings. The highest BCUT2D eigenvalue weighted by molar-refractivity contribution is 5.44. The van der Waals surface area contributed by atoms with Crippen molar-refractivity contribution in [1.29, 1.82) is 0 Å². The van der Waals surface area contributed by atoms with E-state index in [9.17, 15) is 5.11 Å². The van der Waals surface area contributed by atoms with Crippen LogP contribution in [0.1, 0.15) is 12.3 Å². The Balaban J connectivity index is 1.69. The van der Waals surface area contributed by atoms with E-state index in [0.717, 1.165) is 13.0 Å². The number of aliphatic hydroxyl groups excluding tert-OH is 1. The molecular weight excluding hydrogens is 222 g/mol. The number of likely N-dealkylation sites (tertiary alicyclic amines) is 1. The molecule has 0 aliphatic carbocycles. The molecular formula is C11H13N3O3. The summed E-state index contributed by atoms with van der Waals surface area (Å²) in [5, 5.41) is 13.3. The van der Waals surface area contributed by atoms with Crippen molar-refractivity contribution in [2.45, 2.75) is 19.1 Å². The summed E-state index contributed by atoms with van der Waals surface area (Å²) in [4.78, 5) is 6.33. The first kappa shape index (κ1) is 10.5. The Labute approximate surface area is 97.8 Å². The average molecular weight is 235 g/mol. The largest absolute Gasteiger partial charge is 0.461 e. The van der Waals surface area contributed by atoms with Gasteiger partial charge in [-0.15, -0.1) is 0 Å². The summed E-state index contributed by atoms with van der Waals surface area (Å²) in [6.45, 7) is 2.10. The van der Waals surface area contributed by atoms with Gasteiger partial charge in [0.05, 0.1) is 18.9 Å². The molecule has 0 saturated carbocycles. The number of aromatic nitrogens is 2. The molecule has 3 heterocycles. The molecule has 1 aliphatic heterocycles. The van der Waals surface area contributed by atoms with Gasteiger partial charge < -0.3 is 14.0 Å². The Morgan fingerprint density at radius 3 is 3.18 bits per heavy atom. The molecule has 0 unspecified atom stereocenters. The van der Waals surface area contributed by atoms with Crippen molar-refractivity contribution >= 4 is 0 Å². The lowest BCUT2D eigenvalue weighted by Gasteiger charge is -2.10. The predicted molar refractivity (Wildman–Crippen MR) is 57.9 cm³/mol. The van der Waals surface area contributed by atoms with Crippen LogP contribution >= 0.6 is 0 Å². The third-order valence-corrected chi connectivity index (χ3v) is 2.82. The van der Waals surface area contributed by atoms with Crippen LogP contribution in [0.15, 0.2) is 27.3 Å². The van der Waals surface area contributed by atoms with Gasteiger partial charge in [-0.1, -0.05) is 5.16 Å². The molecule has 0 bridgehead atoms. The lowest BCUT2D eigenvalue weighted by molar-refractivity contribution is 0.169. The van der Waals surface area contributed by atoms with E-state index in [-0.39, 0.29) is 6.10 Å². The van der Waals surface area contributed by atoms with E-state index in [0.29, 0.717) is 30.6 Å². The van der Waals surface area contributed by atoms with E-state index < -0.39 is 0 Å². The minimum absolute atomic E-state index is 0.234. The van der Waals surface area contributed by atoms with Gasteiger partial charge in [-0.2, -0.15) is 4.98 Å². The van der Waals surface area contributed by atoms with Crippen molar-refractivity contribution in [2.75, 3.05) is 13.1 Å². The van der Waals surface area contributed by atoms with Crippen LogP contribution in [-0.2, 0) is 6.54 Å². The minimum Gasteiger partial charge on any atom is -0.461 e. The van der Waals surface area contributed by atoms with Gasteiger partial charge in [0.15, 0.2) is 5.76 Å². The summed E-state index contributed by atoms with van der Waals surface area (Å²) in [5.41, 5.74) is 0. The fraction of sp³-hybridized carbons (Fsp3) is 0.455. The van der Waals surface area contributed by atoms with Crippen LogP contribution in [0.5, 0.6) is 0 Å². The summed E-state index contributed by atoms with van der Waals surface area (Å²) >= 11 is 0. The van der Waals surface area contributed by atoms with Gasteiger partial charge in [-0.25, -0.2) is 0 Å². The smallest absolute Gasteiger partial charge is 0.241 e. The van der Waals surface area contributed by atoms with Gasteiger partial charge in [0, 0.05) is 13.1 Å². The van der Waals surface area contributed by atoms with Gasteiger partial charge in [-0.05, 0) is 18.6 Å². The number of β-amino-alcohol motifs (C(OH)–C–C–N with tert-alkyl or cyclic N) is 1. The first-order chi connectivity index (χ1) is 8.31. The van der Waals surface area contributed by atoms with E-state index >= 15 is 0 Å². The molecule has 0 aromatic carbocycles. The first-order valence-corrected chi connectivity index (χ1v) is 5.58. The molecule has 6 heteroatoms. The molecule has 90 valence electrons. The Morgan fingerprint density at radius 2 is 2.47 bits per heavy atom. The Bertz CT molecular complexity index is 480. The summed E-state index contributed by atoms with van der Waals surface area (Å²) in [5.74, 6) is 1.61. The van der Waals surface area contributed by atoms with E-state index in [1.54, 1.807) is 18.4 Å². The van der Waals surface area contributed by atoms with E-state index in [4.69, 9.17) is 8.94 Å². The maximum atomic E-state index is 9.41. The quantitative estimate of drug-likeness (QED) is 0.851. The average Bonchev–Trinajstić information content (AvgIpc) is 3.00. The van der Waals surface area contributed by atoms with Crippen LogP contribution in [0, 0.1) is 0 Å². The minimum atomic E-state index is -0.234. The Kier molecular flexibility index (Phi) is 2.66. The fourth-order valence-electron chi connectivity index (χ4n) is 1.97. The number of aliphatic hydroxyl groups is 1. The van der Waals surface area contributed by atoms with E-state index in [1.165, 1.54) is 0 Å². The van der Waals surface area contributed by atoms with Crippen molar-refractivity contribution < 1.29 is 14.0 Å². The van der Waals surface area contributed by atoms with Gasteiger partial charge >= 0.3 is 0 Å². The summed E-state index contributed by atoms with van der Waals surface area (Å²) in [6.07, 6.45) is 2.14. The molecule has 0 spiro atoms. The molecule has 1 saturated heterocycles. The lowest BCUT2D eigenvalue weighted by Crippen LogP contribution is -2.21. The van der Waals surface area contributed by atoms with E-state index in [1.807, 2.05) is 0 Å². The molecule has 1 aliphatic rings. The van der Waals surface area contributed by atoms with Crippen LogP contribution in [0.2, 0.25) is 0 Å². The zero-order chi connectivity index (χ0) is 11.7. The zero-order valence-electron chi connectivity index (χ0n) is 9.24. The molecule has 1 N–H and O–H groups in total. The second-order valence-electron chi connectivity index (χ2n) is 4.17. The Morgan fingerprint density at radius 1 is 1.53 bits per heavy atom. The van der Waals surface area contributed by atoms with Crippen LogP contribution in [-0.4, -0.2) is 39.3 Å². The van der Waals surface area contributed by atoms with Crippen LogP contribution in [0.3, 0.4) is 0 Å². The molecule has 0 radical (unpaired) electrons. The zero-order valence-corrected chi connectivity index (χ0v) is 9.24. The number of furan rings is 1. The number of hydrogen-bond acceptors (Lipinski definition) is 6. The number of hydrogen-bond donors (Lipinski definition) is 1. The predicted octanol–water partition coefficient (Wildman–Crippen LogP) is 0.896. The maximum Gasteiger partial charge on any atom is 0.241 e. The number of nitrogens with zero attached hydrogens (tertiary/aromatic N) is 3. The highest BCUT2D eigenvalue weighted by Crippen LogP contribution is 2.17. The molecule has 6 nitrogen and oxygen atoms in total. The van der Waals surface area contributed by atoms with Crippen molar-refractivity contribution in [2.24, 2.45) is 0 Å². The van der Waals surface area contributed by atoms with Gasteiger partial charge in [0.1, 0.15) is 0 Å². The van der Waals surface area contributed by atoms with Crippen LogP contribution in [0.25, 0.3) is 11.6 Å². The first-order valence-electron chi connectivity index (χ1n) is 5.58.